The van der Waals surface area contributed by atoms with Crippen LogP contribution in [0.5, 0.6) is 0 Å². The van der Waals surface area contributed by atoms with Gasteiger partial charge in [0, 0.05) is 37.8 Å². The maximum Gasteiger partial charge on any atom is 0.417 e. The lowest BCUT2D eigenvalue weighted by Crippen LogP contribution is -2.50. The topological polar surface area (TPSA) is 70.6 Å². The molecule has 6 nitrogen and oxygen atoms in total. The quantitative estimate of drug-likeness (QED) is 0.790. The van der Waals surface area contributed by atoms with E-state index in [-0.39, 0.29) is 37.1 Å². The highest BCUT2D eigenvalue weighted by molar-refractivity contribution is 7.88. The van der Waals surface area contributed by atoms with Gasteiger partial charge in [-0.25, -0.2) is 8.42 Å². The second-order valence-electron chi connectivity index (χ2n) is 6.02. The van der Waals surface area contributed by atoms with Crippen molar-refractivity contribution in [3.63, 3.8) is 0 Å². The van der Waals surface area contributed by atoms with Gasteiger partial charge < -0.3 is 4.90 Å². The average Bonchev–Trinajstić information content (AvgIpc) is 2.58. The summed E-state index contributed by atoms with van der Waals surface area (Å²) in [5.41, 5.74) is -1.39. The first-order valence-electron chi connectivity index (χ1n) is 7.78. The van der Waals surface area contributed by atoms with Crippen LogP contribution in [0.15, 0.2) is 30.5 Å². The number of hydrogen-bond acceptors (Lipinski definition) is 4. The second-order valence-corrected chi connectivity index (χ2v) is 8.00. The first-order chi connectivity index (χ1) is 12.1. The number of halogens is 3. The number of rotatable bonds is 2. The fourth-order valence-corrected chi connectivity index (χ4v) is 3.83. The number of benzene rings is 1. The van der Waals surface area contributed by atoms with Crippen LogP contribution >= 0.6 is 0 Å². The summed E-state index contributed by atoms with van der Waals surface area (Å²) in [4.78, 5) is 17.9. The lowest BCUT2D eigenvalue weighted by molar-refractivity contribution is -0.136. The van der Waals surface area contributed by atoms with Gasteiger partial charge in [-0.1, -0.05) is 18.2 Å². The number of alkyl halides is 3. The molecule has 0 aliphatic carbocycles. The van der Waals surface area contributed by atoms with E-state index in [9.17, 15) is 26.4 Å². The van der Waals surface area contributed by atoms with Crippen molar-refractivity contribution in [1.82, 2.24) is 14.2 Å². The SMILES string of the molecule is CS(=O)(=O)N1CCN(C(=O)c2cnc3ccccc3c2C(F)(F)F)CC1. The Hall–Kier alpha value is -2.20. The normalized spacial score (nSPS) is 16.8. The molecule has 10 heteroatoms. The van der Waals surface area contributed by atoms with Crippen LogP contribution in [0.25, 0.3) is 10.9 Å². The summed E-state index contributed by atoms with van der Waals surface area (Å²) >= 11 is 0. The van der Waals surface area contributed by atoms with Gasteiger partial charge in [-0.15, -0.1) is 0 Å². The molecular formula is C16H16F3N3O3S. The second kappa shape index (κ2) is 6.51. The number of hydrogen-bond donors (Lipinski definition) is 0. The molecule has 0 radical (unpaired) electrons. The van der Waals surface area contributed by atoms with Gasteiger partial charge in [0.1, 0.15) is 0 Å². The zero-order chi connectivity index (χ0) is 19.1. The van der Waals surface area contributed by atoms with Crippen molar-refractivity contribution in [1.29, 1.82) is 0 Å². The van der Waals surface area contributed by atoms with Crippen LogP contribution in [-0.4, -0.2) is 60.9 Å². The van der Waals surface area contributed by atoms with Crippen molar-refractivity contribution >= 4 is 26.8 Å². The number of pyridine rings is 1. The Balaban J connectivity index is 1.97. The molecular weight excluding hydrogens is 371 g/mol. The summed E-state index contributed by atoms with van der Waals surface area (Å²) in [6.45, 7) is 0.145. The van der Waals surface area contributed by atoms with Gasteiger partial charge in [-0.05, 0) is 6.07 Å². The Morgan fingerprint density at radius 2 is 1.73 bits per heavy atom. The molecule has 0 bridgehead atoms. The molecule has 0 saturated carbocycles. The highest BCUT2D eigenvalue weighted by Crippen LogP contribution is 2.37. The minimum Gasteiger partial charge on any atom is -0.336 e. The first-order valence-corrected chi connectivity index (χ1v) is 9.63. The maximum absolute atomic E-state index is 13.6. The van der Waals surface area contributed by atoms with E-state index in [1.54, 1.807) is 6.07 Å². The lowest BCUT2D eigenvalue weighted by Gasteiger charge is -2.33. The third kappa shape index (κ3) is 3.51. The summed E-state index contributed by atoms with van der Waals surface area (Å²) in [6, 6.07) is 5.76. The number of carbonyl (C=O) groups excluding carboxylic acids is 1. The van der Waals surface area contributed by atoms with Crippen LogP contribution in [0, 0.1) is 0 Å². The molecule has 1 aliphatic rings. The molecule has 2 heterocycles. The Morgan fingerprint density at radius 3 is 2.31 bits per heavy atom. The van der Waals surface area contributed by atoms with Crippen LogP contribution in [0.2, 0.25) is 0 Å². The lowest BCUT2D eigenvalue weighted by atomic mass is 10.0. The molecule has 1 aromatic heterocycles. The van der Waals surface area contributed by atoms with Gasteiger partial charge in [0.25, 0.3) is 5.91 Å². The molecule has 2 aromatic rings. The maximum atomic E-state index is 13.6. The van der Waals surface area contributed by atoms with Crippen LogP contribution in [0.3, 0.4) is 0 Å². The number of piperazine rings is 1. The van der Waals surface area contributed by atoms with E-state index >= 15 is 0 Å². The van der Waals surface area contributed by atoms with Gasteiger partial charge in [-0.3, -0.25) is 9.78 Å². The Morgan fingerprint density at radius 1 is 1.12 bits per heavy atom. The van der Waals surface area contributed by atoms with Crippen LogP contribution in [0.4, 0.5) is 13.2 Å². The Kier molecular flexibility index (Phi) is 4.65. The third-order valence-corrected chi connectivity index (χ3v) is 5.59. The zero-order valence-corrected chi connectivity index (χ0v) is 14.6. The highest BCUT2D eigenvalue weighted by Gasteiger charge is 2.39. The molecule has 1 aromatic carbocycles. The fraction of sp³-hybridized carbons (Fsp3) is 0.375. The standard InChI is InChI=1S/C16H16F3N3O3S/c1-26(24,25)22-8-6-21(7-9-22)15(23)12-10-20-13-5-3-2-4-11(13)14(12)16(17,18)19/h2-5,10H,6-9H2,1H3. The predicted molar refractivity (Wildman–Crippen MR) is 89.1 cm³/mol. The van der Waals surface area contributed by atoms with E-state index in [0.29, 0.717) is 0 Å². The van der Waals surface area contributed by atoms with Crippen LogP contribution in [-0.2, 0) is 16.2 Å². The first kappa shape index (κ1) is 18.6. The highest BCUT2D eigenvalue weighted by atomic mass is 32.2. The smallest absolute Gasteiger partial charge is 0.336 e. The van der Waals surface area contributed by atoms with Gasteiger partial charge in [0.05, 0.1) is 22.9 Å². The molecule has 1 amide bonds. The van der Waals surface area contributed by atoms with Gasteiger partial charge in [0.15, 0.2) is 0 Å². The van der Waals surface area contributed by atoms with E-state index in [1.165, 1.54) is 27.4 Å². The van der Waals surface area contributed by atoms with Gasteiger partial charge >= 0.3 is 6.18 Å². The van der Waals surface area contributed by atoms with Crippen LogP contribution in [0.1, 0.15) is 15.9 Å². The molecule has 26 heavy (non-hydrogen) atoms. The van der Waals surface area contributed by atoms with E-state index in [4.69, 9.17) is 0 Å². The Labute approximate surface area is 148 Å². The molecule has 140 valence electrons. The molecule has 1 fully saturated rings. The summed E-state index contributed by atoms with van der Waals surface area (Å²) in [7, 11) is -3.40. The number of amides is 1. The molecule has 1 aliphatic heterocycles. The van der Waals surface area contributed by atoms with Crippen molar-refractivity contribution in [3.8, 4) is 0 Å². The number of carbonyl (C=O) groups is 1. The molecule has 0 atom stereocenters. The van der Waals surface area contributed by atoms with Crippen molar-refractivity contribution in [2.75, 3.05) is 32.4 Å². The van der Waals surface area contributed by atoms with E-state index in [1.807, 2.05) is 0 Å². The average molecular weight is 387 g/mol. The van der Waals surface area contributed by atoms with Crippen molar-refractivity contribution < 1.29 is 26.4 Å². The molecule has 0 N–H and O–H groups in total. The number of fused-ring (bicyclic) bond motifs is 1. The molecule has 1 saturated heterocycles. The molecule has 0 spiro atoms. The van der Waals surface area contributed by atoms with Crippen molar-refractivity contribution in [2.45, 2.75) is 6.18 Å². The van der Waals surface area contributed by atoms with E-state index in [2.05, 4.69) is 4.98 Å². The third-order valence-electron chi connectivity index (χ3n) is 4.28. The van der Waals surface area contributed by atoms with E-state index in [0.717, 1.165) is 12.5 Å². The summed E-state index contributed by atoms with van der Waals surface area (Å²) in [6.07, 6.45) is -2.72. The van der Waals surface area contributed by atoms with Crippen LogP contribution < -0.4 is 0 Å². The van der Waals surface area contributed by atoms with Crippen molar-refractivity contribution in [3.05, 3.63) is 41.6 Å². The minimum absolute atomic E-state index is 0.0238. The molecule has 0 unspecified atom stereocenters. The number of para-hydroxylation sites is 1. The number of sulfonamides is 1. The van der Waals surface area contributed by atoms with Gasteiger partial charge in [-0.2, -0.15) is 17.5 Å². The number of nitrogens with zero attached hydrogens (tertiary/aromatic N) is 3. The molecule has 3 rings (SSSR count). The minimum atomic E-state index is -4.72. The van der Waals surface area contributed by atoms with E-state index < -0.39 is 33.2 Å². The van der Waals surface area contributed by atoms with Gasteiger partial charge in [0.2, 0.25) is 10.0 Å². The monoisotopic (exact) mass is 387 g/mol. The Bertz CT molecular complexity index is 952. The predicted octanol–water partition coefficient (Wildman–Crippen LogP) is 1.97. The largest absolute Gasteiger partial charge is 0.417 e. The van der Waals surface area contributed by atoms with Crippen molar-refractivity contribution in [2.24, 2.45) is 0 Å². The summed E-state index contributed by atoms with van der Waals surface area (Å²) in [5, 5.41) is -0.138. The summed E-state index contributed by atoms with van der Waals surface area (Å²) in [5.74, 6) is -0.802. The zero-order valence-electron chi connectivity index (χ0n) is 13.8. The summed E-state index contributed by atoms with van der Waals surface area (Å²) < 4.78 is 65.2. The fourth-order valence-electron chi connectivity index (χ4n) is 3.00. The number of aromatic nitrogens is 1.